The van der Waals surface area contributed by atoms with Crippen molar-refractivity contribution >= 4 is 5.78 Å². The zero-order chi connectivity index (χ0) is 13.1. The second-order valence-electron chi connectivity index (χ2n) is 4.73. The highest BCUT2D eigenvalue weighted by molar-refractivity contribution is 5.99. The highest BCUT2D eigenvalue weighted by Crippen LogP contribution is 2.18. The zero-order valence-corrected chi connectivity index (χ0v) is 10.7. The molecule has 1 unspecified atom stereocenters. The van der Waals surface area contributed by atoms with Crippen LogP contribution in [0.15, 0.2) is 42.7 Å². The number of aromatic nitrogens is 2. The molecule has 1 aliphatic heterocycles. The van der Waals surface area contributed by atoms with Crippen LogP contribution in [0.4, 0.5) is 0 Å². The Kier molecular flexibility index (Phi) is 3.42. The standard InChI is InChI=1S/C15H16N2O2/c18-15(14-8-4-5-9-19-14)12-10-16-17(11-12)13-6-2-1-3-7-13/h1-3,6-7,10-11,14H,4-5,8-9H2. The van der Waals surface area contributed by atoms with Crippen molar-refractivity contribution in [3.05, 3.63) is 48.3 Å². The molecule has 0 radical (unpaired) electrons. The lowest BCUT2D eigenvalue weighted by atomic mass is 10.0. The van der Waals surface area contributed by atoms with Gasteiger partial charge in [0.2, 0.25) is 0 Å². The van der Waals surface area contributed by atoms with E-state index in [9.17, 15) is 4.79 Å². The lowest BCUT2D eigenvalue weighted by Crippen LogP contribution is -2.27. The minimum Gasteiger partial charge on any atom is -0.370 e. The predicted molar refractivity (Wildman–Crippen MR) is 71.5 cm³/mol. The predicted octanol–water partition coefficient (Wildman–Crippen LogP) is 2.62. The Labute approximate surface area is 112 Å². The van der Waals surface area contributed by atoms with Gasteiger partial charge in [-0.3, -0.25) is 4.79 Å². The van der Waals surface area contributed by atoms with E-state index in [0.29, 0.717) is 12.2 Å². The summed E-state index contributed by atoms with van der Waals surface area (Å²) in [7, 11) is 0. The van der Waals surface area contributed by atoms with E-state index in [1.165, 1.54) is 0 Å². The number of ketones is 1. The zero-order valence-electron chi connectivity index (χ0n) is 10.7. The van der Waals surface area contributed by atoms with Gasteiger partial charge in [0.1, 0.15) is 6.10 Å². The van der Waals surface area contributed by atoms with Gasteiger partial charge in [0.25, 0.3) is 0 Å². The molecule has 0 aliphatic carbocycles. The van der Waals surface area contributed by atoms with Crippen LogP contribution in [0.1, 0.15) is 29.6 Å². The highest BCUT2D eigenvalue weighted by Gasteiger charge is 2.24. The number of carbonyl (C=O) groups excluding carboxylic acids is 1. The molecule has 1 saturated heterocycles. The summed E-state index contributed by atoms with van der Waals surface area (Å²) in [6.45, 7) is 0.684. The van der Waals surface area contributed by atoms with Gasteiger partial charge in [0.15, 0.2) is 5.78 Å². The molecule has 1 fully saturated rings. The van der Waals surface area contributed by atoms with Crippen LogP contribution in [0.25, 0.3) is 5.69 Å². The van der Waals surface area contributed by atoms with E-state index in [-0.39, 0.29) is 11.9 Å². The first-order valence-electron chi connectivity index (χ1n) is 6.60. The molecule has 0 N–H and O–H groups in total. The lowest BCUT2D eigenvalue weighted by Gasteiger charge is -2.20. The molecule has 1 aromatic carbocycles. The van der Waals surface area contributed by atoms with E-state index in [4.69, 9.17) is 4.74 Å². The first kappa shape index (κ1) is 12.1. The quantitative estimate of drug-likeness (QED) is 0.793. The van der Waals surface area contributed by atoms with Crippen molar-refractivity contribution in [2.75, 3.05) is 6.61 Å². The van der Waals surface area contributed by atoms with Crippen LogP contribution in [0.2, 0.25) is 0 Å². The molecular weight excluding hydrogens is 240 g/mol. The van der Waals surface area contributed by atoms with Gasteiger partial charge in [-0.1, -0.05) is 18.2 Å². The fourth-order valence-corrected chi connectivity index (χ4v) is 2.31. The summed E-state index contributed by atoms with van der Waals surface area (Å²) in [5.74, 6) is 0.0434. The number of benzene rings is 1. The Morgan fingerprint density at radius 1 is 1.26 bits per heavy atom. The lowest BCUT2D eigenvalue weighted by molar-refractivity contribution is 0.0186. The Balaban J connectivity index is 1.79. The van der Waals surface area contributed by atoms with Crippen molar-refractivity contribution in [1.29, 1.82) is 0 Å². The largest absolute Gasteiger partial charge is 0.370 e. The summed E-state index contributed by atoms with van der Waals surface area (Å²) in [5.41, 5.74) is 1.57. The molecule has 1 atom stereocenters. The van der Waals surface area contributed by atoms with Crippen molar-refractivity contribution in [2.45, 2.75) is 25.4 Å². The van der Waals surface area contributed by atoms with Gasteiger partial charge in [-0.15, -0.1) is 0 Å². The Hall–Kier alpha value is -1.94. The minimum atomic E-state index is -0.290. The van der Waals surface area contributed by atoms with Crippen LogP contribution >= 0.6 is 0 Å². The number of rotatable bonds is 3. The van der Waals surface area contributed by atoms with Gasteiger partial charge in [-0.2, -0.15) is 5.10 Å². The minimum absolute atomic E-state index is 0.0434. The van der Waals surface area contributed by atoms with Crippen LogP contribution in [-0.4, -0.2) is 28.3 Å². The molecular formula is C15H16N2O2. The van der Waals surface area contributed by atoms with E-state index in [2.05, 4.69) is 5.10 Å². The molecule has 1 aliphatic rings. The smallest absolute Gasteiger partial charge is 0.194 e. The Bertz CT molecular complexity index is 557. The molecule has 3 rings (SSSR count). The van der Waals surface area contributed by atoms with Gasteiger partial charge in [0.05, 0.1) is 17.4 Å². The van der Waals surface area contributed by atoms with Gasteiger partial charge >= 0.3 is 0 Å². The summed E-state index contributed by atoms with van der Waals surface area (Å²) in [6, 6.07) is 9.76. The summed E-state index contributed by atoms with van der Waals surface area (Å²) in [4.78, 5) is 12.3. The van der Waals surface area contributed by atoms with Crippen molar-refractivity contribution in [2.24, 2.45) is 0 Å². The average molecular weight is 256 g/mol. The van der Waals surface area contributed by atoms with Crippen LogP contribution in [0.5, 0.6) is 0 Å². The third-order valence-electron chi connectivity index (χ3n) is 3.36. The average Bonchev–Trinajstić information content (AvgIpc) is 2.98. The monoisotopic (exact) mass is 256 g/mol. The summed E-state index contributed by atoms with van der Waals surface area (Å²) in [5, 5.41) is 4.24. The molecule has 2 aromatic rings. The van der Waals surface area contributed by atoms with Crippen molar-refractivity contribution in [3.63, 3.8) is 0 Å². The first-order chi connectivity index (χ1) is 9.34. The Morgan fingerprint density at radius 2 is 2.11 bits per heavy atom. The third kappa shape index (κ3) is 2.58. The molecule has 0 amide bonds. The van der Waals surface area contributed by atoms with E-state index < -0.39 is 0 Å². The SMILES string of the molecule is O=C(c1cnn(-c2ccccc2)c1)C1CCCCO1. The van der Waals surface area contributed by atoms with E-state index in [1.54, 1.807) is 17.1 Å². The van der Waals surface area contributed by atoms with Gasteiger partial charge < -0.3 is 4.74 Å². The van der Waals surface area contributed by atoms with E-state index in [0.717, 1.165) is 24.9 Å². The van der Waals surface area contributed by atoms with Gasteiger partial charge in [0, 0.05) is 12.8 Å². The first-order valence-corrected chi connectivity index (χ1v) is 6.60. The number of hydrogen-bond acceptors (Lipinski definition) is 3. The van der Waals surface area contributed by atoms with Crippen LogP contribution in [-0.2, 0) is 4.74 Å². The second-order valence-corrected chi connectivity index (χ2v) is 4.73. The maximum absolute atomic E-state index is 12.3. The number of para-hydroxylation sites is 1. The maximum Gasteiger partial charge on any atom is 0.194 e. The summed E-state index contributed by atoms with van der Waals surface area (Å²) < 4.78 is 7.24. The van der Waals surface area contributed by atoms with E-state index in [1.807, 2.05) is 30.3 Å². The molecule has 98 valence electrons. The molecule has 4 nitrogen and oxygen atoms in total. The molecule has 1 aromatic heterocycles. The molecule has 0 spiro atoms. The second kappa shape index (κ2) is 5.36. The van der Waals surface area contributed by atoms with Crippen LogP contribution < -0.4 is 0 Å². The van der Waals surface area contributed by atoms with Crippen molar-refractivity contribution in [3.8, 4) is 5.69 Å². The number of Topliss-reactive ketones (excluding diaryl/α,β-unsaturated/α-hetero) is 1. The number of hydrogen-bond donors (Lipinski definition) is 0. The highest BCUT2D eigenvalue weighted by atomic mass is 16.5. The van der Waals surface area contributed by atoms with E-state index >= 15 is 0 Å². The van der Waals surface area contributed by atoms with Crippen molar-refractivity contribution in [1.82, 2.24) is 9.78 Å². The molecule has 0 bridgehead atoms. The molecule has 4 heteroatoms. The summed E-state index contributed by atoms with van der Waals surface area (Å²) >= 11 is 0. The third-order valence-corrected chi connectivity index (χ3v) is 3.36. The Morgan fingerprint density at radius 3 is 2.84 bits per heavy atom. The fourth-order valence-electron chi connectivity index (χ4n) is 2.31. The fraction of sp³-hybridized carbons (Fsp3) is 0.333. The van der Waals surface area contributed by atoms with Crippen molar-refractivity contribution < 1.29 is 9.53 Å². The van der Waals surface area contributed by atoms with Crippen LogP contribution in [0.3, 0.4) is 0 Å². The molecule has 19 heavy (non-hydrogen) atoms. The van der Waals surface area contributed by atoms with Crippen LogP contribution in [0, 0.1) is 0 Å². The number of carbonyl (C=O) groups is 1. The molecule has 0 saturated carbocycles. The summed E-state index contributed by atoms with van der Waals surface area (Å²) in [6.07, 6.45) is 6.02. The van der Waals surface area contributed by atoms with Gasteiger partial charge in [-0.05, 0) is 31.4 Å². The topological polar surface area (TPSA) is 44.1 Å². The number of nitrogens with zero attached hydrogens (tertiary/aromatic N) is 2. The number of ether oxygens (including phenoxy) is 1. The maximum atomic E-state index is 12.3. The molecule has 2 heterocycles. The normalized spacial score (nSPS) is 19.3. The van der Waals surface area contributed by atoms with Gasteiger partial charge in [-0.25, -0.2) is 4.68 Å².